The molecule has 0 atom stereocenters. The number of aromatic nitrogens is 5. The van der Waals surface area contributed by atoms with Crippen LogP contribution in [0.25, 0.3) is 33.5 Å². The van der Waals surface area contributed by atoms with Crippen molar-refractivity contribution in [2.45, 2.75) is 5.16 Å². The van der Waals surface area contributed by atoms with Crippen molar-refractivity contribution in [3.8, 4) is 5.69 Å². The first kappa shape index (κ1) is 20.2. The summed E-state index contributed by atoms with van der Waals surface area (Å²) in [6.07, 6.45) is 2.16. The number of para-hydroxylation sites is 2. The van der Waals surface area contributed by atoms with Crippen molar-refractivity contribution >= 4 is 72.5 Å². The van der Waals surface area contributed by atoms with Gasteiger partial charge in [-0.2, -0.15) is 4.98 Å². The molecule has 0 aliphatic rings. The Bertz CT molecular complexity index is 1700. The SMILES string of the molecule is CS(=O)(=O)c1ncc2c(=O)n(-c3c(Cl)cc(Cl)cc3Cl)c3nc4ccccc4n3c2n1. The topological polar surface area (TPSA) is 99.2 Å². The standard InChI is InChI=1S/C19H10Cl3N5O3S/c1-31(29,30)18-23-8-10-16(25-18)26-14-5-3-2-4-13(14)24-19(26)27(17(10)28)15-11(21)6-9(20)7-12(15)22/h2-8H,1H3. The van der Waals surface area contributed by atoms with Crippen molar-refractivity contribution < 1.29 is 8.42 Å². The van der Waals surface area contributed by atoms with Crippen LogP contribution in [0.1, 0.15) is 0 Å². The largest absolute Gasteiger partial charge is 0.270 e. The van der Waals surface area contributed by atoms with E-state index in [1.807, 2.05) is 0 Å². The number of imidazole rings is 1. The number of fused-ring (bicyclic) bond motifs is 5. The van der Waals surface area contributed by atoms with Crippen molar-refractivity contribution in [3.05, 3.63) is 68.0 Å². The van der Waals surface area contributed by atoms with Crippen LogP contribution >= 0.6 is 34.8 Å². The summed E-state index contributed by atoms with van der Waals surface area (Å²) in [5, 5.41) is 0.241. The van der Waals surface area contributed by atoms with E-state index in [2.05, 4.69) is 15.0 Å². The highest BCUT2D eigenvalue weighted by Crippen LogP contribution is 2.33. The Kier molecular flexibility index (Phi) is 4.49. The third kappa shape index (κ3) is 3.08. The minimum atomic E-state index is -3.71. The van der Waals surface area contributed by atoms with Crippen LogP contribution in [0.4, 0.5) is 0 Å². The van der Waals surface area contributed by atoms with E-state index in [0.717, 1.165) is 6.26 Å². The average Bonchev–Trinajstić information content (AvgIpc) is 3.08. The Morgan fingerprint density at radius 1 is 1.00 bits per heavy atom. The smallest absolute Gasteiger partial charge is 0.268 e. The fraction of sp³-hybridized carbons (Fsp3) is 0.0526. The van der Waals surface area contributed by atoms with Gasteiger partial charge in [0, 0.05) is 17.5 Å². The van der Waals surface area contributed by atoms with Crippen molar-refractivity contribution in [1.29, 1.82) is 0 Å². The molecule has 5 aromatic rings. The van der Waals surface area contributed by atoms with Gasteiger partial charge in [0.1, 0.15) is 5.39 Å². The summed E-state index contributed by atoms with van der Waals surface area (Å²) in [6.45, 7) is 0. The molecule has 3 aromatic heterocycles. The monoisotopic (exact) mass is 493 g/mol. The lowest BCUT2D eigenvalue weighted by molar-refractivity contribution is 0.593. The molecule has 12 heteroatoms. The molecule has 0 spiro atoms. The predicted octanol–water partition coefficient (Wildman–Crippen LogP) is 3.95. The van der Waals surface area contributed by atoms with Gasteiger partial charge in [-0.3, -0.25) is 9.20 Å². The van der Waals surface area contributed by atoms with Gasteiger partial charge < -0.3 is 0 Å². The number of halogens is 3. The summed E-state index contributed by atoms with van der Waals surface area (Å²) in [4.78, 5) is 26.1. The molecule has 5 rings (SSSR count). The van der Waals surface area contributed by atoms with Gasteiger partial charge in [0.05, 0.1) is 26.8 Å². The summed E-state index contributed by atoms with van der Waals surface area (Å²) in [5.41, 5.74) is 0.886. The van der Waals surface area contributed by atoms with Crippen molar-refractivity contribution in [1.82, 2.24) is 23.9 Å². The maximum atomic E-state index is 13.5. The molecule has 0 saturated carbocycles. The van der Waals surface area contributed by atoms with E-state index in [1.54, 1.807) is 28.7 Å². The highest BCUT2D eigenvalue weighted by atomic mass is 35.5. The van der Waals surface area contributed by atoms with Crippen LogP contribution in [0.2, 0.25) is 15.1 Å². The van der Waals surface area contributed by atoms with Crippen molar-refractivity contribution in [2.24, 2.45) is 0 Å². The second kappa shape index (κ2) is 6.89. The molecule has 0 N–H and O–H groups in total. The van der Waals surface area contributed by atoms with Crippen molar-refractivity contribution in [3.63, 3.8) is 0 Å². The highest BCUT2D eigenvalue weighted by Gasteiger charge is 2.23. The second-order valence-electron chi connectivity index (χ2n) is 6.76. The van der Waals surface area contributed by atoms with E-state index in [1.165, 1.54) is 22.9 Å². The Morgan fingerprint density at radius 3 is 2.35 bits per heavy atom. The molecule has 156 valence electrons. The van der Waals surface area contributed by atoms with Gasteiger partial charge in [0.15, 0.2) is 5.65 Å². The number of hydrogen-bond donors (Lipinski definition) is 0. The van der Waals surface area contributed by atoms with Gasteiger partial charge in [-0.25, -0.2) is 23.0 Å². The lowest BCUT2D eigenvalue weighted by atomic mass is 10.3. The zero-order valence-electron chi connectivity index (χ0n) is 15.5. The maximum Gasteiger partial charge on any atom is 0.270 e. The van der Waals surface area contributed by atoms with Crippen LogP contribution in [0.3, 0.4) is 0 Å². The zero-order chi connectivity index (χ0) is 22.1. The molecular formula is C19H10Cl3N5O3S. The highest BCUT2D eigenvalue weighted by molar-refractivity contribution is 7.90. The molecular weight excluding hydrogens is 485 g/mol. The molecule has 0 saturated heterocycles. The van der Waals surface area contributed by atoms with Crippen LogP contribution in [-0.2, 0) is 9.84 Å². The zero-order valence-corrected chi connectivity index (χ0v) is 18.6. The third-order valence-electron chi connectivity index (χ3n) is 4.67. The first-order valence-corrected chi connectivity index (χ1v) is 11.7. The summed E-state index contributed by atoms with van der Waals surface area (Å²) in [7, 11) is -3.71. The summed E-state index contributed by atoms with van der Waals surface area (Å²) in [5.74, 6) is 0.156. The van der Waals surface area contributed by atoms with Crippen molar-refractivity contribution in [2.75, 3.05) is 6.26 Å². The fourth-order valence-corrected chi connectivity index (χ4v) is 4.87. The van der Waals surface area contributed by atoms with Gasteiger partial charge in [0.25, 0.3) is 5.56 Å². The van der Waals surface area contributed by atoms with Gasteiger partial charge in [-0.1, -0.05) is 46.9 Å². The first-order chi connectivity index (χ1) is 14.7. The summed E-state index contributed by atoms with van der Waals surface area (Å²) in [6, 6.07) is 10.0. The molecule has 0 bridgehead atoms. The molecule has 0 radical (unpaired) electrons. The molecule has 0 unspecified atom stereocenters. The van der Waals surface area contributed by atoms with Gasteiger partial charge in [-0.15, -0.1) is 0 Å². The molecule has 0 aliphatic heterocycles. The minimum Gasteiger partial charge on any atom is -0.268 e. The molecule has 0 aliphatic carbocycles. The summed E-state index contributed by atoms with van der Waals surface area (Å²) < 4.78 is 26.9. The van der Waals surface area contributed by atoms with Gasteiger partial charge in [0.2, 0.25) is 20.8 Å². The lowest BCUT2D eigenvalue weighted by Crippen LogP contribution is -2.23. The number of hydrogen-bond acceptors (Lipinski definition) is 6. The van der Waals surface area contributed by atoms with Crippen LogP contribution in [-0.4, -0.2) is 38.6 Å². The molecule has 2 aromatic carbocycles. The normalized spacial score (nSPS) is 12.3. The minimum absolute atomic E-state index is 0.0603. The molecule has 0 fully saturated rings. The third-order valence-corrected chi connectivity index (χ3v) is 6.33. The Hall–Kier alpha value is -2.72. The molecule has 31 heavy (non-hydrogen) atoms. The average molecular weight is 495 g/mol. The number of benzene rings is 2. The van der Waals surface area contributed by atoms with Crippen LogP contribution < -0.4 is 5.56 Å². The van der Waals surface area contributed by atoms with Crippen LogP contribution in [0.15, 0.2) is 52.5 Å². The maximum absolute atomic E-state index is 13.5. The van der Waals surface area contributed by atoms with E-state index < -0.39 is 20.6 Å². The number of rotatable bonds is 2. The van der Waals surface area contributed by atoms with E-state index in [9.17, 15) is 13.2 Å². The van der Waals surface area contributed by atoms with E-state index in [-0.39, 0.29) is 32.5 Å². The fourth-order valence-electron chi connectivity index (χ4n) is 3.39. The van der Waals surface area contributed by atoms with Crippen LogP contribution in [0.5, 0.6) is 0 Å². The van der Waals surface area contributed by atoms with E-state index in [0.29, 0.717) is 16.1 Å². The molecule has 3 heterocycles. The van der Waals surface area contributed by atoms with E-state index in [4.69, 9.17) is 34.8 Å². The molecule has 8 nitrogen and oxygen atoms in total. The second-order valence-corrected chi connectivity index (χ2v) is 9.92. The van der Waals surface area contributed by atoms with Gasteiger partial charge in [-0.05, 0) is 24.3 Å². The number of sulfone groups is 1. The van der Waals surface area contributed by atoms with Crippen LogP contribution in [0, 0.1) is 0 Å². The quantitative estimate of drug-likeness (QED) is 0.345. The summed E-state index contributed by atoms with van der Waals surface area (Å²) >= 11 is 18.8. The van der Waals surface area contributed by atoms with Gasteiger partial charge >= 0.3 is 0 Å². The Morgan fingerprint density at radius 2 is 1.68 bits per heavy atom. The Balaban J connectivity index is 2.08. The number of nitrogens with zero attached hydrogens (tertiary/aromatic N) is 5. The first-order valence-electron chi connectivity index (χ1n) is 8.71. The molecule has 0 amide bonds. The lowest BCUT2D eigenvalue weighted by Gasteiger charge is -2.14. The van der Waals surface area contributed by atoms with E-state index >= 15 is 0 Å². The predicted molar refractivity (Wildman–Crippen MR) is 120 cm³/mol. The Labute approximate surface area is 189 Å².